The summed E-state index contributed by atoms with van der Waals surface area (Å²) in [6.07, 6.45) is 2.16. The second-order valence-corrected chi connectivity index (χ2v) is 12.6. The minimum absolute atomic E-state index is 0.317. The first-order valence-corrected chi connectivity index (χ1v) is 17.1. The van der Waals surface area contributed by atoms with E-state index < -0.39 is 0 Å². The molecule has 0 aromatic heterocycles. The van der Waals surface area contributed by atoms with Crippen molar-refractivity contribution < 1.29 is 0 Å². The number of rotatable bonds is 9. The van der Waals surface area contributed by atoms with E-state index in [9.17, 15) is 0 Å². The van der Waals surface area contributed by atoms with Gasteiger partial charge >= 0.3 is 0 Å². The Morgan fingerprint density at radius 1 is 0.440 bits per heavy atom. The predicted octanol–water partition coefficient (Wildman–Crippen LogP) is 12.3. The van der Waals surface area contributed by atoms with E-state index in [4.69, 9.17) is 10.7 Å². The molecule has 1 atom stereocenters. The summed E-state index contributed by atoms with van der Waals surface area (Å²) >= 11 is 0. The Labute approximate surface area is 296 Å². The van der Waals surface area contributed by atoms with Crippen molar-refractivity contribution in [3.8, 4) is 44.5 Å². The van der Waals surface area contributed by atoms with Crippen LogP contribution >= 0.6 is 0 Å². The van der Waals surface area contributed by atoms with Crippen LogP contribution in [0.2, 0.25) is 0 Å². The van der Waals surface area contributed by atoms with Crippen LogP contribution in [-0.4, -0.2) is 5.84 Å². The highest BCUT2D eigenvalue weighted by Crippen LogP contribution is 2.36. The van der Waals surface area contributed by atoms with E-state index >= 15 is 0 Å². The van der Waals surface area contributed by atoms with Crippen molar-refractivity contribution in [2.24, 2.45) is 10.7 Å². The van der Waals surface area contributed by atoms with Gasteiger partial charge < -0.3 is 5.73 Å². The summed E-state index contributed by atoms with van der Waals surface area (Å²) in [5, 5.41) is 0. The average molecular weight is 645 g/mol. The van der Waals surface area contributed by atoms with Gasteiger partial charge in [0.1, 0.15) is 11.9 Å². The van der Waals surface area contributed by atoms with Crippen LogP contribution in [0, 0.1) is 0 Å². The number of aliphatic imine (C=N–C) groups is 1. The zero-order chi connectivity index (χ0) is 34.3. The van der Waals surface area contributed by atoms with E-state index in [2.05, 4.69) is 178 Å². The molecule has 0 radical (unpaired) electrons. The van der Waals surface area contributed by atoms with Gasteiger partial charge in [-0.2, -0.15) is 0 Å². The van der Waals surface area contributed by atoms with Crippen LogP contribution in [0.15, 0.2) is 193 Å². The molecule has 7 aromatic carbocycles. The minimum atomic E-state index is -0.317. The average Bonchev–Trinajstić information content (AvgIpc) is 3.20. The summed E-state index contributed by atoms with van der Waals surface area (Å²) in [7, 11) is 0. The van der Waals surface area contributed by atoms with Crippen molar-refractivity contribution in [3.05, 3.63) is 210 Å². The Morgan fingerprint density at radius 3 is 1.48 bits per heavy atom. The summed E-state index contributed by atoms with van der Waals surface area (Å²) in [5.74, 6) is 0.501. The Balaban J connectivity index is 1.36. The zero-order valence-electron chi connectivity index (χ0n) is 28.5. The second-order valence-electron chi connectivity index (χ2n) is 12.6. The molecule has 2 N–H and O–H groups in total. The number of nitrogens with zero attached hydrogens (tertiary/aromatic N) is 1. The van der Waals surface area contributed by atoms with Crippen molar-refractivity contribution in [3.63, 3.8) is 0 Å². The first-order valence-electron chi connectivity index (χ1n) is 17.1. The molecule has 242 valence electrons. The molecule has 1 unspecified atom stereocenters. The van der Waals surface area contributed by atoms with E-state index in [1.54, 1.807) is 0 Å². The van der Waals surface area contributed by atoms with Crippen LogP contribution in [0.4, 0.5) is 0 Å². The van der Waals surface area contributed by atoms with Gasteiger partial charge in [0.05, 0.1) is 0 Å². The molecule has 0 aliphatic rings. The van der Waals surface area contributed by atoms with Crippen LogP contribution in [0.3, 0.4) is 0 Å². The number of hydrogen-bond acceptors (Lipinski definition) is 1. The summed E-state index contributed by atoms with van der Waals surface area (Å²) in [5.41, 5.74) is 21.6. The SMILES string of the molecule is C/C=C(\C)c1cccc(-c2cccc(-c3cc(-c4ccccc4)cc(C(N=C(N)c4cccc(-c5ccccc5)c4)c4ccccc4)c3)c2)c1. The van der Waals surface area contributed by atoms with Gasteiger partial charge in [0.15, 0.2) is 0 Å². The first-order chi connectivity index (χ1) is 24.6. The molecule has 0 heterocycles. The molecule has 7 rings (SSSR count). The number of benzene rings is 7. The highest BCUT2D eigenvalue weighted by Gasteiger charge is 2.18. The third-order valence-electron chi connectivity index (χ3n) is 9.31. The van der Waals surface area contributed by atoms with Crippen LogP contribution in [0.25, 0.3) is 50.1 Å². The molecule has 2 heteroatoms. The van der Waals surface area contributed by atoms with Crippen molar-refractivity contribution >= 4 is 11.4 Å². The molecule has 0 amide bonds. The minimum Gasteiger partial charge on any atom is -0.383 e. The third-order valence-corrected chi connectivity index (χ3v) is 9.31. The molecule has 7 aromatic rings. The predicted molar refractivity (Wildman–Crippen MR) is 213 cm³/mol. The lowest BCUT2D eigenvalue weighted by molar-refractivity contribution is 0.871. The Morgan fingerprint density at radius 2 is 0.860 bits per heavy atom. The number of hydrogen-bond donors (Lipinski definition) is 1. The van der Waals surface area contributed by atoms with Gasteiger partial charge in [-0.05, 0) is 117 Å². The standard InChI is InChI=1S/C48H40N2/c1-3-34(2)38-22-13-24-40(28-38)41-25-14-26-42(29-41)45-31-44(36-18-9-5-10-19-36)32-46(33-45)47(37-20-11-6-12-21-37)50-48(49)43-27-15-23-39(30-43)35-16-7-4-8-17-35/h3-33,47H,1-2H3,(H2,49,50)/b34-3+. The van der Waals surface area contributed by atoms with Gasteiger partial charge in [0, 0.05) is 5.56 Å². The van der Waals surface area contributed by atoms with E-state index in [1.165, 1.54) is 22.3 Å². The molecular weight excluding hydrogens is 605 g/mol. The zero-order valence-corrected chi connectivity index (χ0v) is 28.5. The van der Waals surface area contributed by atoms with Gasteiger partial charge in [-0.3, -0.25) is 4.99 Å². The van der Waals surface area contributed by atoms with Crippen molar-refractivity contribution in [1.82, 2.24) is 0 Å². The van der Waals surface area contributed by atoms with Gasteiger partial charge in [0.2, 0.25) is 0 Å². The van der Waals surface area contributed by atoms with Crippen LogP contribution < -0.4 is 5.73 Å². The van der Waals surface area contributed by atoms with Crippen molar-refractivity contribution in [2.45, 2.75) is 19.9 Å². The number of allylic oxidation sites excluding steroid dienone is 2. The maximum atomic E-state index is 6.89. The Bertz CT molecular complexity index is 2280. The molecular formula is C48H40N2. The van der Waals surface area contributed by atoms with Gasteiger partial charge in [-0.25, -0.2) is 0 Å². The molecule has 0 fully saturated rings. The van der Waals surface area contributed by atoms with E-state index in [0.717, 1.165) is 50.1 Å². The first kappa shape index (κ1) is 32.3. The summed E-state index contributed by atoms with van der Waals surface area (Å²) in [4.78, 5) is 5.28. The summed E-state index contributed by atoms with van der Waals surface area (Å²) < 4.78 is 0. The fourth-order valence-corrected chi connectivity index (χ4v) is 6.44. The van der Waals surface area contributed by atoms with Crippen molar-refractivity contribution in [1.29, 1.82) is 0 Å². The smallest absolute Gasteiger partial charge is 0.126 e. The fraction of sp³-hybridized carbons (Fsp3) is 0.0625. The maximum Gasteiger partial charge on any atom is 0.126 e. The monoisotopic (exact) mass is 644 g/mol. The van der Waals surface area contributed by atoms with Gasteiger partial charge in [0.25, 0.3) is 0 Å². The second kappa shape index (κ2) is 14.9. The van der Waals surface area contributed by atoms with Crippen LogP contribution in [0.1, 0.15) is 42.1 Å². The van der Waals surface area contributed by atoms with Gasteiger partial charge in [-0.1, -0.05) is 152 Å². The molecule has 50 heavy (non-hydrogen) atoms. The lowest BCUT2D eigenvalue weighted by atomic mass is 9.90. The van der Waals surface area contributed by atoms with Crippen LogP contribution in [0.5, 0.6) is 0 Å². The molecule has 2 nitrogen and oxygen atoms in total. The normalized spacial score (nSPS) is 12.4. The number of amidine groups is 1. The molecule has 0 bridgehead atoms. The topological polar surface area (TPSA) is 38.4 Å². The van der Waals surface area contributed by atoms with Gasteiger partial charge in [-0.15, -0.1) is 0 Å². The van der Waals surface area contributed by atoms with E-state index in [1.807, 2.05) is 24.3 Å². The molecule has 0 saturated heterocycles. The van der Waals surface area contributed by atoms with Crippen LogP contribution in [-0.2, 0) is 0 Å². The fourth-order valence-electron chi connectivity index (χ4n) is 6.44. The lowest BCUT2D eigenvalue weighted by Crippen LogP contribution is -2.16. The van der Waals surface area contributed by atoms with Crippen molar-refractivity contribution in [2.75, 3.05) is 0 Å². The summed E-state index contributed by atoms with van der Waals surface area (Å²) in [6, 6.07) is 63.8. The third kappa shape index (κ3) is 7.26. The largest absolute Gasteiger partial charge is 0.383 e. The highest BCUT2D eigenvalue weighted by molar-refractivity contribution is 5.99. The van der Waals surface area contributed by atoms with E-state index in [-0.39, 0.29) is 6.04 Å². The maximum absolute atomic E-state index is 6.89. The van der Waals surface area contributed by atoms with E-state index in [0.29, 0.717) is 5.84 Å². The molecule has 0 aliphatic heterocycles. The quantitative estimate of drug-likeness (QED) is 0.123. The number of nitrogens with two attached hydrogens (primary N) is 1. The lowest BCUT2D eigenvalue weighted by Gasteiger charge is -2.19. The molecule has 0 spiro atoms. The summed E-state index contributed by atoms with van der Waals surface area (Å²) in [6.45, 7) is 4.24. The molecule has 0 saturated carbocycles. The highest BCUT2D eigenvalue weighted by atomic mass is 14.9. The Kier molecular flexibility index (Phi) is 9.62. The molecule has 0 aliphatic carbocycles. The Hall–Kier alpha value is -6.25.